The summed E-state index contributed by atoms with van der Waals surface area (Å²) in [6, 6.07) is 0. The molecule has 0 radical (unpaired) electrons. The highest BCUT2D eigenvalue weighted by Crippen LogP contribution is 2.18. The van der Waals surface area contributed by atoms with E-state index in [4.69, 9.17) is 14.2 Å². The SMILES string of the molecule is CCCCCC/C=C\C/C=C\CCCCCCCCCC(=O)OC(COC(=O)CCCCCCCCCCCCCCCC/C=C\C/C=C\C/C=C\CCCCCCC)COC(=O)CCCCCCCCCCCCCCCCCCC. The molecule has 0 bridgehead atoms. The summed E-state index contributed by atoms with van der Waals surface area (Å²) in [4.78, 5) is 38.5. The van der Waals surface area contributed by atoms with Gasteiger partial charge in [-0.2, -0.15) is 0 Å². The average molecular weight is 1150 g/mol. The van der Waals surface area contributed by atoms with Crippen LogP contribution in [0.3, 0.4) is 0 Å². The van der Waals surface area contributed by atoms with Crippen molar-refractivity contribution in [2.24, 2.45) is 0 Å². The molecule has 0 aromatic heterocycles. The molecule has 478 valence electrons. The topological polar surface area (TPSA) is 78.9 Å². The zero-order chi connectivity index (χ0) is 59.2. The Morgan fingerprint density at radius 2 is 0.439 bits per heavy atom. The monoisotopic (exact) mass is 1150 g/mol. The Kier molecular flexibility index (Phi) is 68.1. The van der Waals surface area contributed by atoms with Gasteiger partial charge < -0.3 is 14.2 Å². The van der Waals surface area contributed by atoms with E-state index in [-0.39, 0.29) is 31.1 Å². The van der Waals surface area contributed by atoms with Gasteiger partial charge in [-0.15, -0.1) is 0 Å². The summed E-state index contributed by atoms with van der Waals surface area (Å²) < 4.78 is 17.0. The van der Waals surface area contributed by atoms with Crippen molar-refractivity contribution in [1.82, 2.24) is 0 Å². The van der Waals surface area contributed by atoms with E-state index < -0.39 is 6.10 Å². The van der Waals surface area contributed by atoms with Gasteiger partial charge in [0.25, 0.3) is 0 Å². The maximum absolute atomic E-state index is 13.0. The molecule has 0 rings (SSSR count). The van der Waals surface area contributed by atoms with Gasteiger partial charge in [0.05, 0.1) is 0 Å². The standard InChI is InChI=1S/C76H138O6/c1-4-7-10-13-16-19-22-25-28-31-33-34-35-36-37-38-39-40-41-42-43-46-48-51-54-57-60-63-66-69-75(78)81-72-73(71-80-74(77)68-65-62-59-56-53-50-47-44-30-27-24-21-18-15-12-9-6-3)82-76(79)70-67-64-61-58-55-52-49-45-32-29-26-23-20-17-14-11-8-5-2/h20,22-23,25,29,31-33,35-36,73H,4-19,21,24,26-28,30,34,37-72H2,1-3H3/b23-20-,25-22-,32-29-,33-31-,36-35-. The fourth-order valence-electron chi connectivity index (χ4n) is 10.8. The summed E-state index contributed by atoms with van der Waals surface area (Å²) in [7, 11) is 0. The number of carbonyl (C=O) groups excluding carboxylic acids is 3. The third-order valence-corrected chi connectivity index (χ3v) is 16.2. The second-order valence-electron chi connectivity index (χ2n) is 24.5. The van der Waals surface area contributed by atoms with Crippen molar-refractivity contribution in [2.45, 2.75) is 393 Å². The molecule has 0 aromatic carbocycles. The highest BCUT2D eigenvalue weighted by molar-refractivity contribution is 5.71. The molecule has 1 atom stereocenters. The first kappa shape index (κ1) is 79.1. The van der Waals surface area contributed by atoms with E-state index >= 15 is 0 Å². The van der Waals surface area contributed by atoms with Crippen LogP contribution >= 0.6 is 0 Å². The first-order valence-corrected chi connectivity index (χ1v) is 36.3. The number of allylic oxidation sites excluding steroid dienone is 10. The van der Waals surface area contributed by atoms with Gasteiger partial charge >= 0.3 is 17.9 Å². The van der Waals surface area contributed by atoms with Crippen molar-refractivity contribution < 1.29 is 28.6 Å². The van der Waals surface area contributed by atoms with Crippen LogP contribution in [0.25, 0.3) is 0 Å². The minimum absolute atomic E-state index is 0.0728. The van der Waals surface area contributed by atoms with Crippen LogP contribution < -0.4 is 0 Å². The molecular weight excluding hydrogens is 1010 g/mol. The molecule has 6 heteroatoms. The third kappa shape index (κ3) is 67.9. The fraction of sp³-hybridized carbons (Fsp3) is 0.829. The number of hydrogen-bond acceptors (Lipinski definition) is 6. The molecule has 0 aliphatic carbocycles. The maximum atomic E-state index is 13.0. The Bertz CT molecular complexity index is 1460. The molecule has 0 N–H and O–H groups in total. The number of unbranched alkanes of at least 4 members (excludes halogenated alkanes) is 46. The second kappa shape index (κ2) is 70.6. The van der Waals surface area contributed by atoms with Gasteiger partial charge in [0.2, 0.25) is 0 Å². The molecule has 82 heavy (non-hydrogen) atoms. The van der Waals surface area contributed by atoms with E-state index in [0.29, 0.717) is 19.3 Å². The van der Waals surface area contributed by atoms with Crippen LogP contribution in [0.5, 0.6) is 0 Å². The quantitative estimate of drug-likeness (QED) is 0.0261. The number of rotatable bonds is 67. The Hall–Kier alpha value is -2.89. The first-order chi connectivity index (χ1) is 40.5. The molecule has 0 amide bonds. The van der Waals surface area contributed by atoms with Crippen LogP contribution in [0.1, 0.15) is 387 Å². The average Bonchev–Trinajstić information content (AvgIpc) is 3.48. The minimum Gasteiger partial charge on any atom is -0.462 e. The molecule has 0 spiro atoms. The normalized spacial score (nSPS) is 12.4. The van der Waals surface area contributed by atoms with Crippen LogP contribution in [0.2, 0.25) is 0 Å². The lowest BCUT2D eigenvalue weighted by Gasteiger charge is -2.18. The fourth-order valence-corrected chi connectivity index (χ4v) is 10.8. The van der Waals surface area contributed by atoms with Crippen LogP contribution in [0.15, 0.2) is 60.8 Å². The highest BCUT2D eigenvalue weighted by atomic mass is 16.6. The van der Waals surface area contributed by atoms with E-state index in [1.807, 2.05) is 0 Å². The largest absolute Gasteiger partial charge is 0.462 e. The van der Waals surface area contributed by atoms with E-state index in [1.165, 1.54) is 263 Å². The van der Waals surface area contributed by atoms with Crippen LogP contribution in [-0.2, 0) is 28.6 Å². The zero-order valence-electron chi connectivity index (χ0n) is 55.0. The summed E-state index contributed by atoms with van der Waals surface area (Å²) in [5, 5.41) is 0. The Morgan fingerprint density at radius 3 is 0.695 bits per heavy atom. The number of carbonyl (C=O) groups is 3. The van der Waals surface area contributed by atoms with Gasteiger partial charge in [0.1, 0.15) is 13.2 Å². The molecule has 0 saturated carbocycles. The Labute approximate surface area is 510 Å². The summed E-state index contributed by atoms with van der Waals surface area (Å²) in [5.74, 6) is -0.855. The Morgan fingerprint density at radius 1 is 0.244 bits per heavy atom. The van der Waals surface area contributed by atoms with Crippen molar-refractivity contribution in [1.29, 1.82) is 0 Å². The van der Waals surface area contributed by atoms with Gasteiger partial charge in [-0.3, -0.25) is 14.4 Å². The maximum Gasteiger partial charge on any atom is 0.306 e. The molecule has 0 saturated heterocycles. The second-order valence-corrected chi connectivity index (χ2v) is 24.5. The molecule has 0 heterocycles. The van der Waals surface area contributed by atoms with Gasteiger partial charge in [0, 0.05) is 19.3 Å². The molecule has 6 nitrogen and oxygen atoms in total. The highest BCUT2D eigenvalue weighted by Gasteiger charge is 2.19. The first-order valence-electron chi connectivity index (χ1n) is 36.3. The number of ether oxygens (including phenoxy) is 3. The van der Waals surface area contributed by atoms with Gasteiger partial charge in [0.15, 0.2) is 6.10 Å². The van der Waals surface area contributed by atoms with Crippen LogP contribution in [-0.4, -0.2) is 37.2 Å². The van der Waals surface area contributed by atoms with E-state index in [2.05, 4.69) is 81.5 Å². The predicted octanol–water partition coefficient (Wildman–Crippen LogP) is 25.1. The summed E-state index contributed by atoms with van der Waals surface area (Å²) in [6.07, 6.45) is 91.0. The zero-order valence-corrected chi connectivity index (χ0v) is 55.0. The lowest BCUT2D eigenvalue weighted by atomic mass is 10.0. The van der Waals surface area contributed by atoms with Crippen molar-refractivity contribution in [3.8, 4) is 0 Å². The van der Waals surface area contributed by atoms with Crippen molar-refractivity contribution in [3.05, 3.63) is 60.8 Å². The summed E-state index contributed by atoms with van der Waals surface area (Å²) in [6.45, 7) is 6.67. The molecule has 0 fully saturated rings. The molecule has 0 aliphatic rings. The number of hydrogen-bond donors (Lipinski definition) is 0. The van der Waals surface area contributed by atoms with Gasteiger partial charge in [-0.05, 0) is 89.9 Å². The van der Waals surface area contributed by atoms with Crippen molar-refractivity contribution >= 4 is 17.9 Å². The smallest absolute Gasteiger partial charge is 0.306 e. The summed E-state index contributed by atoms with van der Waals surface area (Å²) >= 11 is 0. The number of esters is 3. The Balaban J connectivity index is 4.27. The molecule has 1 unspecified atom stereocenters. The minimum atomic E-state index is -0.778. The molecular formula is C76H138O6. The van der Waals surface area contributed by atoms with Crippen molar-refractivity contribution in [2.75, 3.05) is 13.2 Å². The van der Waals surface area contributed by atoms with E-state index in [0.717, 1.165) is 83.5 Å². The van der Waals surface area contributed by atoms with Gasteiger partial charge in [-0.1, -0.05) is 338 Å². The third-order valence-electron chi connectivity index (χ3n) is 16.2. The predicted molar refractivity (Wildman–Crippen MR) is 358 cm³/mol. The molecule has 0 aliphatic heterocycles. The molecule has 0 aromatic rings. The van der Waals surface area contributed by atoms with Crippen LogP contribution in [0, 0.1) is 0 Å². The summed E-state index contributed by atoms with van der Waals surface area (Å²) in [5.41, 5.74) is 0. The van der Waals surface area contributed by atoms with Gasteiger partial charge in [-0.25, -0.2) is 0 Å². The lowest BCUT2D eigenvalue weighted by molar-refractivity contribution is -0.167. The van der Waals surface area contributed by atoms with E-state index in [9.17, 15) is 14.4 Å². The lowest BCUT2D eigenvalue weighted by Crippen LogP contribution is -2.30. The van der Waals surface area contributed by atoms with Crippen molar-refractivity contribution in [3.63, 3.8) is 0 Å². The van der Waals surface area contributed by atoms with E-state index in [1.54, 1.807) is 0 Å². The van der Waals surface area contributed by atoms with Crippen LogP contribution in [0.4, 0.5) is 0 Å².